The second kappa shape index (κ2) is 12.5. The average Bonchev–Trinajstić information content (AvgIpc) is 2.70. The van der Waals surface area contributed by atoms with Crippen molar-refractivity contribution in [1.29, 1.82) is 0 Å². The van der Waals surface area contributed by atoms with E-state index in [0.717, 1.165) is 31.0 Å². The van der Waals surface area contributed by atoms with E-state index in [1.165, 1.54) is 27.7 Å². The van der Waals surface area contributed by atoms with Crippen LogP contribution in [0.1, 0.15) is 59.8 Å². The minimum Gasteiger partial charge on any atom is -0.463 e. The predicted molar refractivity (Wildman–Crippen MR) is 116 cm³/mol. The van der Waals surface area contributed by atoms with Gasteiger partial charge in [0.2, 0.25) is 0 Å². The minimum absolute atomic E-state index is 0.190. The third-order valence-corrected chi connectivity index (χ3v) is 6.75. The Morgan fingerprint density at radius 1 is 0.719 bits per heavy atom. The predicted octanol–water partition coefficient (Wildman–Crippen LogP) is 2.70. The van der Waals surface area contributed by atoms with Gasteiger partial charge in [-0.3, -0.25) is 19.2 Å². The molecular formula is C22H33BrO9. The van der Waals surface area contributed by atoms with Crippen LogP contribution >= 0.6 is 15.9 Å². The van der Waals surface area contributed by atoms with E-state index in [-0.39, 0.29) is 6.61 Å². The fraction of sp³-hybridized carbons (Fsp3) is 0.818. The zero-order chi connectivity index (χ0) is 23.8. The Labute approximate surface area is 196 Å². The SMILES string of the molecule is CC(=O)OC[C@H]1O[C@@H](CC2CCC(CBr)CC2)[C@H](OC(C)=O)[C@@H](OC(C)=O)[C@@H]1OC(C)=O. The van der Waals surface area contributed by atoms with Gasteiger partial charge in [-0.15, -0.1) is 0 Å². The van der Waals surface area contributed by atoms with Crippen LogP contribution in [0.4, 0.5) is 0 Å². The monoisotopic (exact) mass is 520 g/mol. The molecule has 1 heterocycles. The number of carbonyl (C=O) groups excluding carboxylic acids is 4. The summed E-state index contributed by atoms with van der Waals surface area (Å²) in [6.07, 6.45) is 0.133. The van der Waals surface area contributed by atoms with Crippen LogP contribution in [-0.4, -0.2) is 66.3 Å². The molecule has 2 aliphatic rings. The number of halogens is 1. The van der Waals surface area contributed by atoms with Crippen LogP contribution in [0.3, 0.4) is 0 Å². The number of alkyl halides is 1. The number of rotatable bonds is 8. The zero-order valence-corrected chi connectivity index (χ0v) is 20.6. The third kappa shape index (κ3) is 8.03. The Hall–Kier alpha value is -1.68. The Morgan fingerprint density at radius 3 is 1.66 bits per heavy atom. The lowest BCUT2D eigenvalue weighted by Gasteiger charge is -2.45. The molecule has 0 aromatic heterocycles. The molecule has 5 atom stereocenters. The van der Waals surface area contributed by atoms with Gasteiger partial charge in [-0.1, -0.05) is 28.8 Å². The summed E-state index contributed by atoms with van der Waals surface area (Å²) in [5.41, 5.74) is 0. The van der Waals surface area contributed by atoms with Crippen LogP contribution in [0, 0.1) is 11.8 Å². The Kier molecular flexibility index (Phi) is 10.4. The normalized spacial score (nSPS) is 32.5. The topological polar surface area (TPSA) is 114 Å². The summed E-state index contributed by atoms with van der Waals surface area (Å²) < 4.78 is 27.7. The molecule has 2 fully saturated rings. The fourth-order valence-electron chi connectivity index (χ4n) is 4.46. The summed E-state index contributed by atoms with van der Waals surface area (Å²) >= 11 is 3.55. The maximum atomic E-state index is 11.9. The molecule has 1 saturated carbocycles. The lowest BCUT2D eigenvalue weighted by atomic mass is 9.78. The fourth-order valence-corrected chi connectivity index (χ4v) is 5.11. The zero-order valence-electron chi connectivity index (χ0n) is 19.0. The van der Waals surface area contributed by atoms with Crippen molar-refractivity contribution >= 4 is 39.8 Å². The van der Waals surface area contributed by atoms with Gasteiger partial charge in [-0.25, -0.2) is 0 Å². The molecular weight excluding hydrogens is 488 g/mol. The van der Waals surface area contributed by atoms with Crippen LogP contribution < -0.4 is 0 Å². The van der Waals surface area contributed by atoms with Gasteiger partial charge < -0.3 is 23.7 Å². The molecule has 182 valence electrons. The number of esters is 4. The van der Waals surface area contributed by atoms with Crippen LogP contribution in [0.25, 0.3) is 0 Å². The summed E-state index contributed by atoms with van der Waals surface area (Å²) in [5, 5.41) is 0.971. The van der Waals surface area contributed by atoms with Crippen molar-refractivity contribution in [2.45, 2.75) is 90.3 Å². The summed E-state index contributed by atoms with van der Waals surface area (Å²) in [6, 6.07) is 0. The van der Waals surface area contributed by atoms with Crippen LogP contribution in [0.2, 0.25) is 0 Å². The van der Waals surface area contributed by atoms with E-state index < -0.39 is 54.4 Å². The van der Waals surface area contributed by atoms with E-state index in [9.17, 15) is 19.2 Å². The molecule has 0 N–H and O–H groups in total. The van der Waals surface area contributed by atoms with Crippen molar-refractivity contribution in [2.75, 3.05) is 11.9 Å². The highest BCUT2D eigenvalue weighted by molar-refractivity contribution is 9.09. The standard InChI is InChI=1S/C22H33BrO9/c1-12(24)28-11-19-21(30-14(3)26)22(31-15(4)27)20(29-13(2)25)18(32-19)9-16-5-7-17(10-23)8-6-16/h16-22H,5-11H2,1-4H3/t16?,17?,18-,19+,20-,21+,22+/m0/s1. The summed E-state index contributed by atoms with van der Waals surface area (Å²) in [4.78, 5) is 46.9. The first-order chi connectivity index (χ1) is 15.1. The summed E-state index contributed by atoms with van der Waals surface area (Å²) in [5.74, 6) is -1.35. The smallest absolute Gasteiger partial charge is 0.303 e. The van der Waals surface area contributed by atoms with E-state index in [0.29, 0.717) is 18.3 Å². The second-order valence-electron chi connectivity index (χ2n) is 8.51. The van der Waals surface area contributed by atoms with Gasteiger partial charge in [-0.05, 0) is 31.1 Å². The molecule has 0 bridgehead atoms. The summed E-state index contributed by atoms with van der Waals surface area (Å²) in [6.45, 7) is 4.76. The van der Waals surface area contributed by atoms with E-state index in [1.807, 2.05) is 0 Å². The molecule has 9 nitrogen and oxygen atoms in total. The first kappa shape index (κ1) is 26.6. The van der Waals surface area contributed by atoms with Crippen molar-refractivity contribution in [3.8, 4) is 0 Å². The number of carbonyl (C=O) groups is 4. The molecule has 0 radical (unpaired) electrons. The van der Waals surface area contributed by atoms with E-state index in [1.54, 1.807) is 0 Å². The van der Waals surface area contributed by atoms with Gasteiger partial charge in [0.05, 0.1) is 6.10 Å². The quantitative estimate of drug-likeness (QED) is 0.270. The molecule has 10 heteroatoms. The summed E-state index contributed by atoms with van der Waals surface area (Å²) in [7, 11) is 0. The van der Waals surface area contributed by atoms with Gasteiger partial charge in [0, 0.05) is 33.0 Å². The van der Waals surface area contributed by atoms with Gasteiger partial charge in [0.15, 0.2) is 18.3 Å². The van der Waals surface area contributed by atoms with Gasteiger partial charge in [-0.2, -0.15) is 0 Å². The van der Waals surface area contributed by atoms with Crippen molar-refractivity contribution in [2.24, 2.45) is 11.8 Å². The minimum atomic E-state index is -1.10. The molecule has 0 amide bonds. The van der Waals surface area contributed by atoms with Crippen LogP contribution in [0.15, 0.2) is 0 Å². The van der Waals surface area contributed by atoms with Crippen molar-refractivity contribution in [1.82, 2.24) is 0 Å². The molecule has 0 spiro atoms. The van der Waals surface area contributed by atoms with Crippen molar-refractivity contribution in [3.05, 3.63) is 0 Å². The number of ether oxygens (including phenoxy) is 5. The lowest BCUT2D eigenvalue weighted by molar-refractivity contribution is -0.255. The molecule has 0 unspecified atom stereocenters. The molecule has 2 rings (SSSR count). The van der Waals surface area contributed by atoms with Crippen LogP contribution in [-0.2, 0) is 42.9 Å². The van der Waals surface area contributed by atoms with Gasteiger partial charge in [0.1, 0.15) is 12.7 Å². The lowest BCUT2D eigenvalue weighted by Crippen LogP contribution is -2.62. The molecule has 1 aliphatic heterocycles. The average molecular weight is 521 g/mol. The third-order valence-electron chi connectivity index (χ3n) is 5.84. The van der Waals surface area contributed by atoms with E-state index >= 15 is 0 Å². The van der Waals surface area contributed by atoms with Gasteiger partial charge in [0.25, 0.3) is 0 Å². The molecule has 32 heavy (non-hydrogen) atoms. The van der Waals surface area contributed by atoms with Crippen LogP contribution in [0.5, 0.6) is 0 Å². The maximum absolute atomic E-state index is 11.9. The number of hydrogen-bond acceptors (Lipinski definition) is 9. The maximum Gasteiger partial charge on any atom is 0.303 e. The number of hydrogen-bond donors (Lipinski definition) is 0. The molecule has 1 saturated heterocycles. The van der Waals surface area contributed by atoms with E-state index in [4.69, 9.17) is 23.7 Å². The van der Waals surface area contributed by atoms with E-state index in [2.05, 4.69) is 15.9 Å². The molecule has 0 aromatic carbocycles. The molecule has 0 aromatic rings. The Balaban J connectivity index is 2.31. The highest BCUT2D eigenvalue weighted by Crippen LogP contribution is 2.37. The molecule has 1 aliphatic carbocycles. The highest BCUT2D eigenvalue weighted by atomic mass is 79.9. The Morgan fingerprint density at radius 2 is 1.19 bits per heavy atom. The largest absolute Gasteiger partial charge is 0.463 e. The Bertz CT molecular complexity index is 674. The highest BCUT2D eigenvalue weighted by Gasteiger charge is 2.52. The van der Waals surface area contributed by atoms with Crippen molar-refractivity contribution < 1.29 is 42.9 Å². The first-order valence-electron chi connectivity index (χ1n) is 11.0. The first-order valence-corrected chi connectivity index (χ1v) is 12.1. The second-order valence-corrected chi connectivity index (χ2v) is 9.16. The van der Waals surface area contributed by atoms with Gasteiger partial charge >= 0.3 is 23.9 Å². The van der Waals surface area contributed by atoms with Crippen molar-refractivity contribution in [3.63, 3.8) is 0 Å².